The number of aromatic nitrogens is 1. The monoisotopic (exact) mass is 234 g/mol. The molecule has 1 aromatic heterocycles. The molecule has 1 aliphatic heterocycles. The summed E-state index contributed by atoms with van der Waals surface area (Å²) in [5.41, 5.74) is 1.14. The summed E-state index contributed by atoms with van der Waals surface area (Å²) in [7, 11) is 0. The Bertz CT molecular complexity index is 333. The summed E-state index contributed by atoms with van der Waals surface area (Å²) in [4.78, 5) is 4.22. The van der Waals surface area contributed by atoms with Crippen LogP contribution in [0, 0.1) is 0 Å². The van der Waals surface area contributed by atoms with E-state index in [1.165, 1.54) is 5.56 Å². The quantitative estimate of drug-likeness (QED) is 0.850. The zero-order valence-electron chi connectivity index (χ0n) is 10.8. The van der Waals surface area contributed by atoms with Crippen LogP contribution in [0.15, 0.2) is 24.5 Å². The molecule has 0 aliphatic carbocycles. The molecule has 1 N–H and O–H groups in total. The smallest absolute Gasteiger partial charge is 0.0849 e. The molecule has 0 bridgehead atoms. The van der Waals surface area contributed by atoms with Gasteiger partial charge < -0.3 is 10.1 Å². The Kier molecular flexibility index (Phi) is 4.13. The van der Waals surface area contributed by atoms with Crippen LogP contribution in [0.2, 0.25) is 0 Å². The molecule has 0 amide bonds. The van der Waals surface area contributed by atoms with E-state index in [2.05, 4.69) is 30.2 Å². The number of pyridine rings is 1. The molecule has 0 spiro atoms. The van der Waals surface area contributed by atoms with E-state index in [0.717, 1.165) is 32.4 Å². The maximum atomic E-state index is 5.96. The van der Waals surface area contributed by atoms with Crippen LogP contribution in [-0.2, 0) is 4.74 Å². The molecule has 2 rings (SSSR count). The summed E-state index contributed by atoms with van der Waals surface area (Å²) in [5, 5.41) is 3.60. The SMILES string of the molecule is CCCNC(c1cccnc1)C1(C)CCCO1. The standard InChI is InChI=1S/C14H22N2O/c1-3-8-16-13(12-6-4-9-15-11-12)14(2)7-5-10-17-14/h4,6,9,11,13,16H,3,5,7-8,10H2,1-2H3. The van der Waals surface area contributed by atoms with Crippen molar-refractivity contribution < 1.29 is 4.74 Å². The van der Waals surface area contributed by atoms with Crippen molar-refractivity contribution in [1.29, 1.82) is 0 Å². The Hall–Kier alpha value is -0.930. The van der Waals surface area contributed by atoms with Crippen LogP contribution in [0.3, 0.4) is 0 Å². The lowest BCUT2D eigenvalue weighted by molar-refractivity contribution is -0.0125. The van der Waals surface area contributed by atoms with Gasteiger partial charge in [0.2, 0.25) is 0 Å². The molecule has 1 aliphatic rings. The van der Waals surface area contributed by atoms with Gasteiger partial charge in [-0.1, -0.05) is 13.0 Å². The normalized spacial score (nSPS) is 26.0. The van der Waals surface area contributed by atoms with E-state index in [4.69, 9.17) is 4.74 Å². The maximum absolute atomic E-state index is 5.96. The van der Waals surface area contributed by atoms with Crippen LogP contribution in [0.25, 0.3) is 0 Å². The third-order valence-electron chi connectivity index (χ3n) is 3.48. The average Bonchev–Trinajstić information content (AvgIpc) is 2.79. The fraction of sp³-hybridized carbons (Fsp3) is 0.643. The van der Waals surface area contributed by atoms with Crippen LogP contribution in [0.4, 0.5) is 0 Å². The Morgan fingerprint density at radius 2 is 2.47 bits per heavy atom. The fourth-order valence-corrected chi connectivity index (χ4v) is 2.55. The van der Waals surface area contributed by atoms with Crippen molar-refractivity contribution in [2.45, 2.75) is 44.8 Å². The van der Waals surface area contributed by atoms with Crippen LogP contribution in [-0.4, -0.2) is 23.7 Å². The van der Waals surface area contributed by atoms with Crippen LogP contribution >= 0.6 is 0 Å². The molecule has 1 saturated heterocycles. The maximum Gasteiger partial charge on any atom is 0.0849 e. The summed E-state index contributed by atoms with van der Waals surface area (Å²) < 4.78 is 5.96. The molecular weight excluding hydrogens is 212 g/mol. The Labute approximate surface area is 104 Å². The van der Waals surface area contributed by atoms with E-state index < -0.39 is 0 Å². The van der Waals surface area contributed by atoms with Crippen molar-refractivity contribution in [3.63, 3.8) is 0 Å². The molecule has 1 fully saturated rings. The number of nitrogens with one attached hydrogen (secondary N) is 1. The van der Waals surface area contributed by atoms with E-state index in [9.17, 15) is 0 Å². The minimum absolute atomic E-state index is 0.0851. The van der Waals surface area contributed by atoms with E-state index >= 15 is 0 Å². The first-order valence-corrected chi connectivity index (χ1v) is 6.53. The Morgan fingerprint density at radius 3 is 3.06 bits per heavy atom. The lowest BCUT2D eigenvalue weighted by Gasteiger charge is -2.34. The zero-order valence-corrected chi connectivity index (χ0v) is 10.8. The van der Waals surface area contributed by atoms with Gasteiger partial charge in [-0.25, -0.2) is 0 Å². The second-order valence-corrected chi connectivity index (χ2v) is 4.94. The molecule has 3 nitrogen and oxygen atoms in total. The molecule has 2 unspecified atom stereocenters. The molecule has 0 saturated carbocycles. The molecular formula is C14H22N2O. The summed E-state index contributed by atoms with van der Waals surface area (Å²) in [6.45, 7) is 6.28. The number of ether oxygens (including phenoxy) is 1. The second-order valence-electron chi connectivity index (χ2n) is 4.94. The van der Waals surface area contributed by atoms with Crippen molar-refractivity contribution in [3.8, 4) is 0 Å². The topological polar surface area (TPSA) is 34.2 Å². The lowest BCUT2D eigenvalue weighted by Crippen LogP contribution is -2.41. The van der Waals surface area contributed by atoms with Crippen molar-refractivity contribution in [2.24, 2.45) is 0 Å². The van der Waals surface area contributed by atoms with Gasteiger partial charge in [-0.15, -0.1) is 0 Å². The number of hydrogen-bond donors (Lipinski definition) is 1. The van der Waals surface area contributed by atoms with E-state index in [-0.39, 0.29) is 11.6 Å². The minimum Gasteiger partial charge on any atom is -0.373 e. The van der Waals surface area contributed by atoms with Gasteiger partial charge in [0.25, 0.3) is 0 Å². The fourth-order valence-electron chi connectivity index (χ4n) is 2.55. The Morgan fingerprint density at radius 1 is 1.59 bits per heavy atom. The van der Waals surface area contributed by atoms with Gasteiger partial charge >= 0.3 is 0 Å². The first-order valence-electron chi connectivity index (χ1n) is 6.53. The van der Waals surface area contributed by atoms with Crippen molar-refractivity contribution in [3.05, 3.63) is 30.1 Å². The molecule has 3 heteroatoms. The zero-order chi connectivity index (χ0) is 12.1. The first-order chi connectivity index (χ1) is 8.26. The molecule has 0 aromatic carbocycles. The van der Waals surface area contributed by atoms with E-state index in [0.29, 0.717) is 0 Å². The lowest BCUT2D eigenvalue weighted by atomic mass is 9.88. The van der Waals surface area contributed by atoms with Crippen molar-refractivity contribution in [2.75, 3.05) is 13.2 Å². The summed E-state index contributed by atoms with van der Waals surface area (Å²) >= 11 is 0. The largest absolute Gasteiger partial charge is 0.373 e. The average molecular weight is 234 g/mol. The minimum atomic E-state index is -0.0851. The van der Waals surface area contributed by atoms with E-state index in [1.807, 2.05) is 18.5 Å². The van der Waals surface area contributed by atoms with Gasteiger partial charge in [-0.3, -0.25) is 4.98 Å². The van der Waals surface area contributed by atoms with Crippen LogP contribution in [0.5, 0.6) is 0 Å². The predicted molar refractivity (Wildman–Crippen MR) is 68.9 cm³/mol. The first kappa shape index (κ1) is 12.5. The second kappa shape index (κ2) is 5.61. The van der Waals surface area contributed by atoms with Gasteiger partial charge in [-0.2, -0.15) is 0 Å². The summed E-state index contributed by atoms with van der Waals surface area (Å²) in [6.07, 6.45) is 7.16. The summed E-state index contributed by atoms with van der Waals surface area (Å²) in [5.74, 6) is 0. The van der Waals surface area contributed by atoms with Gasteiger partial charge in [0, 0.05) is 19.0 Å². The van der Waals surface area contributed by atoms with Gasteiger partial charge in [0.05, 0.1) is 11.6 Å². The van der Waals surface area contributed by atoms with E-state index in [1.54, 1.807) is 0 Å². The number of hydrogen-bond acceptors (Lipinski definition) is 3. The van der Waals surface area contributed by atoms with Crippen LogP contribution in [0.1, 0.15) is 44.7 Å². The van der Waals surface area contributed by atoms with Crippen molar-refractivity contribution in [1.82, 2.24) is 10.3 Å². The predicted octanol–water partition coefficient (Wildman–Crippen LogP) is 2.69. The van der Waals surface area contributed by atoms with Gasteiger partial charge in [-0.05, 0) is 44.4 Å². The number of rotatable bonds is 5. The molecule has 0 radical (unpaired) electrons. The highest BCUT2D eigenvalue weighted by molar-refractivity contribution is 5.18. The Balaban J connectivity index is 2.18. The van der Waals surface area contributed by atoms with Gasteiger partial charge in [0.1, 0.15) is 0 Å². The highest BCUT2D eigenvalue weighted by Crippen LogP contribution is 2.37. The highest BCUT2D eigenvalue weighted by Gasteiger charge is 2.38. The molecule has 2 heterocycles. The van der Waals surface area contributed by atoms with Gasteiger partial charge in [0.15, 0.2) is 0 Å². The highest BCUT2D eigenvalue weighted by atomic mass is 16.5. The molecule has 17 heavy (non-hydrogen) atoms. The molecule has 2 atom stereocenters. The third kappa shape index (κ3) is 2.85. The van der Waals surface area contributed by atoms with Crippen LogP contribution < -0.4 is 5.32 Å². The number of nitrogens with zero attached hydrogens (tertiary/aromatic N) is 1. The molecule has 94 valence electrons. The summed E-state index contributed by atoms with van der Waals surface area (Å²) in [6, 6.07) is 4.38. The third-order valence-corrected chi connectivity index (χ3v) is 3.48. The molecule has 1 aromatic rings. The van der Waals surface area contributed by atoms with Crippen molar-refractivity contribution >= 4 is 0 Å².